The minimum absolute atomic E-state index is 0.0421. The van der Waals surface area contributed by atoms with E-state index in [9.17, 15) is 16.8 Å². The molecule has 2 heterocycles. The first-order valence-corrected chi connectivity index (χ1v) is 11.9. The summed E-state index contributed by atoms with van der Waals surface area (Å²) < 4.78 is 45.9. The van der Waals surface area contributed by atoms with Gasteiger partial charge in [0.1, 0.15) is 0 Å². The first-order chi connectivity index (χ1) is 11.3. The van der Waals surface area contributed by atoms with E-state index in [2.05, 4.69) is 16.7 Å². The zero-order valence-corrected chi connectivity index (χ0v) is 15.2. The van der Waals surface area contributed by atoms with Crippen LogP contribution in [0.2, 0.25) is 0 Å². The van der Waals surface area contributed by atoms with Gasteiger partial charge in [-0.25, -0.2) is 16.8 Å². The van der Waals surface area contributed by atoms with E-state index < -0.39 is 19.7 Å². The molecular weight excluding hydrogens is 348 g/mol. The normalized spacial score (nSPS) is 28.2. The van der Waals surface area contributed by atoms with Crippen LogP contribution in [0.4, 0.5) is 0 Å². The summed E-state index contributed by atoms with van der Waals surface area (Å²) in [5, 5.41) is 6.62. The summed E-state index contributed by atoms with van der Waals surface area (Å²) in [6.45, 7) is 1.29. The van der Waals surface area contributed by atoms with Crippen molar-refractivity contribution in [3.05, 3.63) is 35.4 Å². The highest BCUT2D eigenvalue weighted by atomic mass is 32.2. The van der Waals surface area contributed by atoms with Crippen LogP contribution in [0, 0.1) is 0 Å². The Morgan fingerprint density at radius 1 is 0.833 bits per heavy atom. The largest absolute Gasteiger partial charge is 0.309 e. The monoisotopic (exact) mass is 372 g/mol. The molecule has 2 atom stereocenters. The molecule has 0 aliphatic carbocycles. The fraction of sp³-hybridized carbons (Fsp3) is 0.625. The van der Waals surface area contributed by atoms with E-state index in [0.717, 1.165) is 11.1 Å². The van der Waals surface area contributed by atoms with E-state index in [1.54, 1.807) is 0 Å². The van der Waals surface area contributed by atoms with E-state index in [4.69, 9.17) is 0 Å². The van der Waals surface area contributed by atoms with Gasteiger partial charge in [0.2, 0.25) is 0 Å². The van der Waals surface area contributed by atoms with Gasteiger partial charge in [-0.3, -0.25) is 0 Å². The fourth-order valence-corrected chi connectivity index (χ4v) is 6.70. The second-order valence-electron chi connectivity index (χ2n) is 6.78. The third-order valence-electron chi connectivity index (χ3n) is 4.65. The van der Waals surface area contributed by atoms with E-state index >= 15 is 0 Å². The molecule has 0 bridgehead atoms. The molecule has 1 aromatic rings. The summed E-state index contributed by atoms with van der Waals surface area (Å²) in [5.41, 5.74) is 2.22. The topological polar surface area (TPSA) is 92.3 Å². The maximum Gasteiger partial charge on any atom is 0.151 e. The Balaban J connectivity index is 1.49. The van der Waals surface area contributed by atoms with E-state index in [1.165, 1.54) is 0 Å². The molecule has 2 unspecified atom stereocenters. The lowest BCUT2D eigenvalue weighted by molar-refractivity contribution is 0.548. The van der Waals surface area contributed by atoms with Crippen LogP contribution in [-0.2, 0) is 32.8 Å². The summed E-state index contributed by atoms with van der Waals surface area (Å²) in [7, 11) is -5.71. The Morgan fingerprint density at radius 2 is 1.29 bits per heavy atom. The van der Waals surface area contributed by atoms with E-state index in [1.807, 2.05) is 18.2 Å². The quantitative estimate of drug-likeness (QED) is 0.743. The minimum atomic E-state index is -2.86. The van der Waals surface area contributed by atoms with Crippen molar-refractivity contribution in [1.82, 2.24) is 10.6 Å². The summed E-state index contributed by atoms with van der Waals surface area (Å²) in [5.74, 6) is 1.01. The molecule has 24 heavy (non-hydrogen) atoms. The average Bonchev–Trinajstić information content (AvgIpc) is 3.05. The Hall–Kier alpha value is -0.960. The number of benzene rings is 1. The van der Waals surface area contributed by atoms with Crippen molar-refractivity contribution in [2.24, 2.45) is 0 Å². The number of nitrogens with one attached hydrogen (secondary N) is 2. The minimum Gasteiger partial charge on any atom is -0.309 e. The zero-order chi connectivity index (χ0) is 17.2. The molecule has 2 aliphatic rings. The standard InChI is InChI=1S/C16H24N2O4S2/c19-23(20)6-4-15(11-23)17-9-13-2-1-3-14(8-13)10-18-16-5-7-24(21,22)12-16/h1-3,8,15-18H,4-7,9-12H2. The Bertz CT molecular complexity index is 727. The van der Waals surface area contributed by atoms with E-state index in [0.29, 0.717) is 25.9 Å². The van der Waals surface area contributed by atoms with Gasteiger partial charge in [-0.2, -0.15) is 0 Å². The third-order valence-corrected chi connectivity index (χ3v) is 8.18. The van der Waals surface area contributed by atoms with Crippen LogP contribution in [0.1, 0.15) is 24.0 Å². The second kappa shape index (κ2) is 7.11. The lowest BCUT2D eigenvalue weighted by Gasteiger charge is -2.13. The summed E-state index contributed by atoms with van der Waals surface area (Å²) in [4.78, 5) is 0. The Morgan fingerprint density at radius 3 is 1.67 bits per heavy atom. The molecule has 3 rings (SSSR count). The summed E-state index contributed by atoms with van der Waals surface area (Å²) in [6, 6.07) is 8.17. The molecule has 0 spiro atoms. The first kappa shape index (κ1) is 17.8. The van der Waals surface area contributed by atoms with Gasteiger partial charge in [0, 0.05) is 25.2 Å². The van der Waals surface area contributed by atoms with Crippen LogP contribution in [0.25, 0.3) is 0 Å². The highest BCUT2D eigenvalue weighted by molar-refractivity contribution is 7.91. The van der Waals surface area contributed by atoms with Crippen LogP contribution >= 0.6 is 0 Å². The van der Waals surface area contributed by atoms with Crippen molar-refractivity contribution >= 4 is 19.7 Å². The maximum absolute atomic E-state index is 11.5. The van der Waals surface area contributed by atoms with Crippen LogP contribution in [0.15, 0.2) is 24.3 Å². The molecule has 8 heteroatoms. The van der Waals surface area contributed by atoms with Crippen molar-refractivity contribution in [2.45, 2.75) is 38.0 Å². The van der Waals surface area contributed by atoms with Gasteiger partial charge in [-0.15, -0.1) is 0 Å². The van der Waals surface area contributed by atoms with Crippen LogP contribution in [0.5, 0.6) is 0 Å². The van der Waals surface area contributed by atoms with Gasteiger partial charge in [0.15, 0.2) is 19.7 Å². The van der Waals surface area contributed by atoms with Gasteiger partial charge >= 0.3 is 0 Å². The number of sulfone groups is 2. The number of rotatable bonds is 6. The average molecular weight is 373 g/mol. The fourth-order valence-electron chi connectivity index (χ4n) is 3.29. The SMILES string of the molecule is O=S1(=O)CCC(NCc2cccc(CNC3CCS(=O)(=O)C3)c2)C1. The molecule has 2 fully saturated rings. The second-order valence-corrected chi connectivity index (χ2v) is 11.2. The molecule has 0 saturated carbocycles. The van der Waals surface area contributed by atoms with Gasteiger partial charge in [-0.05, 0) is 24.0 Å². The van der Waals surface area contributed by atoms with Gasteiger partial charge in [0.05, 0.1) is 23.0 Å². The van der Waals surface area contributed by atoms with Crippen LogP contribution < -0.4 is 10.6 Å². The maximum atomic E-state index is 11.5. The molecular formula is C16H24N2O4S2. The highest BCUT2D eigenvalue weighted by Gasteiger charge is 2.28. The molecule has 0 aromatic heterocycles. The van der Waals surface area contributed by atoms with Crippen molar-refractivity contribution < 1.29 is 16.8 Å². The summed E-state index contributed by atoms with van der Waals surface area (Å²) >= 11 is 0. The third kappa shape index (κ3) is 5.02. The summed E-state index contributed by atoms with van der Waals surface area (Å²) in [6.07, 6.45) is 1.36. The van der Waals surface area contributed by atoms with E-state index in [-0.39, 0.29) is 35.1 Å². The molecule has 134 valence electrons. The van der Waals surface area contributed by atoms with Crippen LogP contribution in [-0.4, -0.2) is 51.9 Å². The highest BCUT2D eigenvalue weighted by Crippen LogP contribution is 2.14. The predicted molar refractivity (Wildman–Crippen MR) is 94.2 cm³/mol. The van der Waals surface area contributed by atoms with Crippen molar-refractivity contribution in [3.63, 3.8) is 0 Å². The molecule has 6 nitrogen and oxygen atoms in total. The molecule has 2 saturated heterocycles. The van der Waals surface area contributed by atoms with Gasteiger partial charge in [-0.1, -0.05) is 24.3 Å². The molecule has 0 amide bonds. The molecule has 1 aromatic carbocycles. The first-order valence-electron chi connectivity index (χ1n) is 8.27. The molecule has 2 N–H and O–H groups in total. The molecule has 0 radical (unpaired) electrons. The number of hydrogen-bond donors (Lipinski definition) is 2. The lowest BCUT2D eigenvalue weighted by Crippen LogP contribution is -2.30. The Kier molecular flexibility index (Phi) is 5.29. The number of hydrogen-bond acceptors (Lipinski definition) is 6. The molecule has 2 aliphatic heterocycles. The zero-order valence-electron chi connectivity index (χ0n) is 13.6. The van der Waals surface area contributed by atoms with Crippen molar-refractivity contribution in [3.8, 4) is 0 Å². The van der Waals surface area contributed by atoms with Crippen LogP contribution in [0.3, 0.4) is 0 Å². The smallest absolute Gasteiger partial charge is 0.151 e. The Labute approximate surface area is 143 Å². The lowest BCUT2D eigenvalue weighted by atomic mass is 10.1. The predicted octanol–water partition coefficient (Wildman–Crippen LogP) is 0.240. The van der Waals surface area contributed by atoms with Crippen molar-refractivity contribution in [2.75, 3.05) is 23.0 Å². The van der Waals surface area contributed by atoms with Gasteiger partial charge in [0.25, 0.3) is 0 Å². The van der Waals surface area contributed by atoms with Crippen molar-refractivity contribution in [1.29, 1.82) is 0 Å². The van der Waals surface area contributed by atoms with Gasteiger partial charge < -0.3 is 10.6 Å².